The Morgan fingerprint density at radius 1 is 1.10 bits per heavy atom. The van der Waals surface area contributed by atoms with Crippen LogP contribution in [0.25, 0.3) is 0 Å². The quantitative estimate of drug-likeness (QED) is 0.427. The number of hydrogen-bond acceptors (Lipinski definition) is 6. The summed E-state index contributed by atoms with van der Waals surface area (Å²) in [4.78, 5) is 38.6. The number of rotatable bonds is 4. The Balaban J connectivity index is 1.68. The van der Waals surface area contributed by atoms with Crippen LogP contribution in [0.4, 0.5) is 17.1 Å². The minimum absolute atomic E-state index is 0.0614. The Morgan fingerprint density at radius 3 is 2.42 bits per heavy atom. The summed E-state index contributed by atoms with van der Waals surface area (Å²) < 4.78 is 0. The van der Waals surface area contributed by atoms with Gasteiger partial charge >= 0.3 is 0 Å². The van der Waals surface area contributed by atoms with E-state index in [-0.39, 0.29) is 22.3 Å². The third-order valence-electron chi connectivity index (χ3n) is 5.11. The standard InChI is InChI=1S/C21H23N5O4S/c1-14-7-8-16(13-19(14)26(29)30)20(28)23-21(31)22-17-5-3-4-6-18(17)25-11-9-24(10-12-25)15(2)27/h3-8,13H,9-12H2,1-2H3,(H2,22,23,28,31). The molecule has 2 N–H and O–H groups in total. The number of aryl methyl sites for hydroxylation is 1. The number of piperazine rings is 1. The lowest BCUT2D eigenvalue weighted by Crippen LogP contribution is -2.48. The van der Waals surface area contributed by atoms with E-state index in [0.29, 0.717) is 31.7 Å². The van der Waals surface area contributed by atoms with Gasteiger partial charge in [-0.15, -0.1) is 0 Å². The zero-order valence-corrected chi connectivity index (χ0v) is 18.1. The molecule has 0 bridgehead atoms. The molecule has 0 atom stereocenters. The van der Waals surface area contributed by atoms with Crippen molar-refractivity contribution in [3.63, 3.8) is 0 Å². The molecule has 1 fully saturated rings. The highest BCUT2D eigenvalue weighted by Crippen LogP contribution is 2.26. The number of nitro groups is 1. The van der Waals surface area contributed by atoms with Crippen molar-refractivity contribution in [1.29, 1.82) is 0 Å². The van der Waals surface area contributed by atoms with Gasteiger partial charge in [0.05, 0.1) is 16.3 Å². The smallest absolute Gasteiger partial charge is 0.273 e. The largest absolute Gasteiger partial charge is 0.366 e. The van der Waals surface area contributed by atoms with E-state index in [1.807, 2.05) is 24.3 Å². The highest BCUT2D eigenvalue weighted by atomic mass is 32.1. The van der Waals surface area contributed by atoms with Crippen LogP contribution in [-0.4, -0.2) is 52.9 Å². The van der Waals surface area contributed by atoms with Crippen LogP contribution in [0.15, 0.2) is 42.5 Å². The average Bonchev–Trinajstić information content (AvgIpc) is 2.74. The summed E-state index contributed by atoms with van der Waals surface area (Å²) in [6, 6.07) is 11.8. The van der Waals surface area contributed by atoms with E-state index in [1.54, 1.807) is 18.7 Å². The number of nitrogens with one attached hydrogen (secondary N) is 2. The lowest BCUT2D eigenvalue weighted by molar-refractivity contribution is -0.385. The Bertz CT molecular complexity index is 1030. The molecule has 2 amide bonds. The van der Waals surface area contributed by atoms with E-state index in [2.05, 4.69) is 15.5 Å². The molecule has 2 aromatic carbocycles. The summed E-state index contributed by atoms with van der Waals surface area (Å²) in [6.07, 6.45) is 0. The Hall–Kier alpha value is -3.53. The van der Waals surface area contributed by atoms with Crippen molar-refractivity contribution < 1.29 is 14.5 Å². The maximum absolute atomic E-state index is 12.5. The molecule has 0 radical (unpaired) electrons. The van der Waals surface area contributed by atoms with E-state index in [4.69, 9.17) is 12.2 Å². The maximum atomic E-state index is 12.5. The predicted molar refractivity (Wildman–Crippen MR) is 122 cm³/mol. The van der Waals surface area contributed by atoms with Crippen molar-refractivity contribution in [2.45, 2.75) is 13.8 Å². The van der Waals surface area contributed by atoms with Gasteiger partial charge in [-0.3, -0.25) is 25.0 Å². The summed E-state index contributed by atoms with van der Waals surface area (Å²) in [7, 11) is 0. The number of nitro benzene ring substituents is 1. The molecular weight excluding hydrogens is 418 g/mol. The lowest BCUT2D eigenvalue weighted by atomic mass is 10.1. The summed E-state index contributed by atoms with van der Waals surface area (Å²) >= 11 is 5.29. The SMILES string of the molecule is CC(=O)N1CCN(c2ccccc2NC(=S)NC(=O)c2ccc(C)c([N+](=O)[O-])c2)CC1. The van der Waals surface area contributed by atoms with Gasteiger partial charge in [0.15, 0.2) is 5.11 Å². The van der Waals surface area contributed by atoms with Crippen LogP contribution >= 0.6 is 12.2 Å². The van der Waals surface area contributed by atoms with E-state index < -0.39 is 10.8 Å². The van der Waals surface area contributed by atoms with Crippen LogP contribution in [0.2, 0.25) is 0 Å². The van der Waals surface area contributed by atoms with E-state index in [9.17, 15) is 19.7 Å². The van der Waals surface area contributed by atoms with E-state index in [1.165, 1.54) is 18.2 Å². The summed E-state index contributed by atoms with van der Waals surface area (Å²) in [6.45, 7) is 5.82. The molecule has 2 aromatic rings. The molecule has 0 unspecified atom stereocenters. The molecule has 0 aliphatic carbocycles. The zero-order chi connectivity index (χ0) is 22.5. The minimum Gasteiger partial charge on any atom is -0.366 e. The number of nitrogens with zero attached hydrogens (tertiary/aromatic N) is 3. The number of thiocarbonyl (C=S) groups is 1. The van der Waals surface area contributed by atoms with Crippen LogP contribution in [0.3, 0.4) is 0 Å². The molecule has 31 heavy (non-hydrogen) atoms. The molecule has 162 valence electrons. The second kappa shape index (κ2) is 9.52. The second-order valence-electron chi connectivity index (χ2n) is 7.18. The van der Waals surface area contributed by atoms with Crippen molar-refractivity contribution in [2.24, 2.45) is 0 Å². The fraction of sp³-hybridized carbons (Fsp3) is 0.286. The fourth-order valence-electron chi connectivity index (χ4n) is 3.39. The van der Waals surface area contributed by atoms with Crippen molar-refractivity contribution in [3.8, 4) is 0 Å². The molecule has 0 saturated carbocycles. The normalized spacial score (nSPS) is 13.5. The highest BCUT2D eigenvalue weighted by molar-refractivity contribution is 7.80. The molecule has 10 heteroatoms. The van der Waals surface area contributed by atoms with Crippen molar-refractivity contribution in [3.05, 3.63) is 63.7 Å². The van der Waals surface area contributed by atoms with Crippen LogP contribution in [0, 0.1) is 17.0 Å². The zero-order valence-electron chi connectivity index (χ0n) is 17.3. The summed E-state index contributed by atoms with van der Waals surface area (Å²) in [5, 5.41) is 16.8. The van der Waals surface area contributed by atoms with Gasteiger partial charge in [-0.05, 0) is 37.3 Å². The average molecular weight is 442 g/mol. The van der Waals surface area contributed by atoms with Crippen LogP contribution in [0.5, 0.6) is 0 Å². The summed E-state index contributed by atoms with van der Waals surface area (Å²) in [5.74, 6) is -0.473. The van der Waals surface area contributed by atoms with Gasteiger partial charge in [0.2, 0.25) is 5.91 Å². The molecule has 1 heterocycles. The van der Waals surface area contributed by atoms with Gasteiger partial charge in [0, 0.05) is 50.3 Å². The first-order valence-corrected chi connectivity index (χ1v) is 10.1. The van der Waals surface area contributed by atoms with E-state index >= 15 is 0 Å². The Kier molecular flexibility index (Phi) is 6.81. The Morgan fingerprint density at radius 2 is 1.77 bits per heavy atom. The predicted octanol–water partition coefficient (Wildman–Crippen LogP) is 2.70. The van der Waals surface area contributed by atoms with Gasteiger partial charge in [-0.2, -0.15) is 0 Å². The fourth-order valence-corrected chi connectivity index (χ4v) is 3.60. The maximum Gasteiger partial charge on any atom is 0.273 e. The second-order valence-corrected chi connectivity index (χ2v) is 7.59. The number of benzene rings is 2. The van der Waals surface area contributed by atoms with Gasteiger partial charge in [0.1, 0.15) is 0 Å². The first-order valence-electron chi connectivity index (χ1n) is 9.73. The molecule has 1 aliphatic heterocycles. The molecule has 0 aromatic heterocycles. The number of amides is 2. The Labute approximate surface area is 185 Å². The van der Waals surface area contributed by atoms with Crippen LogP contribution < -0.4 is 15.5 Å². The van der Waals surface area contributed by atoms with E-state index in [0.717, 1.165) is 11.4 Å². The number of para-hydroxylation sites is 2. The monoisotopic (exact) mass is 441 g/mol. The number of hydrogen-bond donors (Lipinski definition) is 2. The van der Waals surface area contributed by atoms with Gasteiger partial charge < -0.3 is 15.1 Å². The number of carbonyl (C=O) groups is 2. The van der Waals surface area contributed by atoms with Crippen LogP contribution in [0.1, 0.15) is 22.8 Å². The number of anilines is 2. The van der Waals surface area contributed by atoms with Crippen molar-refractivity contribution in [2.75, 3.05) is 36.4 Å². The molecule has 1 aliphatic rings. The van der Waals surface area contributed by atoms with Gasteiger partial charge in [-0.25, -0.2) is 0 Å². The minimum atomic E-state index is -0.534. The molecule has 3 rings (SSSR count). The number of carbonyl (C=O) groups excluding carboxylic acids is 2. The molecule has 0 spiro atoms. The van der Waals surface area contributed by atoms with Gasteiger partial charge in [-0.1, -0.05) is 18.2 Å². The molecular formula is C21H23N5O4S. The molecule has 1 saturated heterocycles. The van der Waals surface area contributed by atoms with Crippen LogP contribution in [-0.2, 0) is 4.79 Å². The first-order chi connectivity index (χ1) is 14.8. The molecule has 9 nitrogen and oxygen atoms in total. The highest BCUT2D eigenvalue weighted by Gasteiger charge is 2.21. The lowest BCUT2D eigenvalue weighted by Gasteiger charge is -2.36. The summed E-state index contributed by atoms with van der Waals surface area (Å²) in [5.41, 5.74) is 2.13. The third kappa shape index (κ3) is 5.34. The van der Waals surface area contributed by atoms with Crippen molar-refractivity contribution >= 4 is 46.2 Å². The first kappa shape index (κ1) is 22.2. The van der Waals surface area contributed by atoms with Crippen molar-refractivity contribution in [1.82, 2.24) is 10.2 Å². The van der Waals surface area contributed by atoms with Gasteiger partial charge in [0.25, 0.3) is 11.6 Å². The third-order valence-corrected chi connectivity index (χ3v) is 5.32. The topological polar surface area (TPSA) is 108 Å².